The fourth-order valence-electron chi connectivity index (χ4n) is 3.70. The molecule has 2 aromatic carbocycles. The van der Waals surface area contributed by atoms with Crippen LogP contribution in [0.15, 0.2) is 50.1 Å². The Balaban J connectivity index is 1.70. The molecule has 0 saturated carbocycles. The summed E-state index contributed by atoms with van der Waals surface area (Å²) in [6.07, 6.45) is 0.567. The topological polar surface area (TPSA) is 62.5 Å². The minimum atomic E-state index is -0.563. The van der Waals surface area contributed by atoms with Gasteiger partial charge in [-0.15, -0.1) is 0 Å². The Morgan fingerprint density at radius 1 is 1.15 bits per heavy atom. The molecular weight excluding hydrogens is 394 g/mol. The highest BCUT2D eigenvalue weighted by Crippen LogP contribution is 2.32. The number of aliphatic hydroxyl groups excluding tert-OH is 1. The fraction of sp³-hybridized carbons (Fsp3) is 0.286. The maximum absolute atomic E-state index is 11.8. The van der Waals surface area contributed by atoms with Gasteiger partial charge in [-0.25, -0.2) is 4.79 Å². The van der Waals surface area contributed by atoms with Gasteiger partial charge in [0.25, 0.3) is 0 Å². The third-order valence-corrected chi connectivity index (χ3v) is 5.76. The number of halogens is 1. The van der Waals surface area contributed by atoms with Crippen LogP contribution < -0.4 is 10.9 Å². The summed E-state index contributed by atoms with van der Waals surface area (Å²) >= 11 is 3.58. The van der Waals surface area contributed by atoms with Crippen LogP contribution >= 0.6 is 15.9 Å². The lowest BCUT2D eigenvalue weighted by atomic mass is 9.84. The third-order valence-electron chi connectivity index (χ3n) is 5.10. The summed E-state index contributed by atoms with van der Waals surface area (Å²) in [7, 11) is 0. The van der Waals surface area contributed by atoms with E-state index in [-0.39, 0.29) is 11.7 Å². The lowest BCUT2D eigenvalue weighted by Crippen LogP contribution is -2.40. The first-order valence-electron chi connectivity index (χ1n) is 8.68. The fourth-order valence-corrected chi connectivity index (χ4v) is 4.31. The number of hydrogen-bond acceptors (Lipinski definition) is 4. The molecule has 4 rings (SSSR count). The van der Waals surface area contributed by atoms with Gasteiger partial charge >= 0.3 is 5.63 Å². The molecule has 0 unspecified atom stereocenters. The Morgan fingerprint density at radius 2 is 1.96 bits per heavy atom. The van der Waals surface area contributed by atoms with Crippen LogP contribution in [0.5, 0.6) is 0 Å². The van der Waals surface area contributed by atoms with E-state index in [2.05, 4.69) is 33.4 Å². The quantitative estimate of drug-likeness (QED) is 0.620. The van der Waals surface area contributed by atoms with Gasteiger partial charge < -0.3 is 14.8 Å². The number of rotatable bonds is 2. The Kier molecular flexibility index (Phi) is 4.37. The Morgan fingerprint density at radius 3 is 2.73 bits per heavy atom. The van der Waals surface area contributed by atoms with E-state index >= 15 is 0 Å². The molecule has 2 N–H and O–H groups in total. The van der Waals surface area contributed by atoms with Crippen molar-refractivity contribution in [2.75, 3.05) is 5.32 Å². The standard InChI is InChI=1S/C21H20BrNO3/c1-11-3-6-17(16(22)7-11)23-18-9-13-4-5-14-12(2)8-20(25)26-21(14)15(13)10-19(18)24/h3-8,18-19,23-24H,9-10H2,1-2H3/t18-,19-/m1/s1. The minimum absolute atomic E-state index is 0.101. The molecule has 26 heavy (non-hydrogen) atoms. The molecule has 0 fully saturated rings. The lowest BCUT2D eigenvalue weighted by molar-refractivity contribution is 0.145. The first-order valence-corrected chi connectivity index (χ1v) is 9.47. The molecule has 0 saturated heterocycles. The van der Waals surface area contributed by atoms with E-state index in [0.717, 1.165) is 32.2 Å². The van der Waals surface area contributed by atoms with Crippen LogP contribution in [0.4, 0.5) is 5.69 Å². The van der Waals surface area contributed by atoms with E-state index in [1.807, 2.05) is 32.0 Å². The predicted molar refractivity (Wildman–Crippen MR) is 107 cm³/mol. The molecule has 4 nitrogen and oxygen atoms in total. The highest BCUT2D eigenvalue weighted by molar-refractivity contribution is 9.10. The molecular formula is C21H20BrNO3. The summed E-state index contributed by atoms with van der Waals surface area (Å²) in [5, 5.41) is 15.1. The molecule has 1 aromatic heterocycles. The second kappa shape index (κ2) is 6.56. The van der Waals surface area contributed by atoms with Crippen molar-refractivity contribution < 1.29 is 9.52 Å². The SMILES string of the molecule is Cc1ccc(N[C@@H]2Cc3ccc4c(C)cc(=O)oc4c3C[C@H]2O)c(Br)c1. The van der Waals surface area contributed by atoms with Crippen molar-refractivity contribution in [3.63, 3.8) is 0 Å². The average molecular weight is 414 g/mol. The van der Waals surface area contributed by atoms with Gasteiger partial charge in [-0.05, 0) is 65.0 Å². The van der Waals surface area contributed by atoms with E-state index in [1.165, 1.54) is 11.6 Å². The minimum Gasteiger partial charge on any atom is -0.422 e. The zero-order valence-electron chi connectivity index (χ0n) is 14.7. The van der Waals surface area contributed by atoms with Gasteiger partial charge in [-0.2, -0.15) is 0 Å². The summed E-state index contributed by atoms with van der Waals surface area (Å²) in [4.78, 5) is 11.8. The van der Waals surface area contributed by atoms with Crippen molar-refractivity contribution in [2.45, 2.75) is 38.8 Å². The summed E-state index contributed by atoms with van der Waals surface area (Å²) in [6, 6.07) is 11.6. The van der Waals surface area contributed by atoms with Gasteiger partial charge in [0, 0.05) is 33.6 Å². The molecule has 1 aliphatic carbocycles. The summed E-state index contributed by atoms with van der Waals surface area (Å²) < 4.78 is 6.46. The molecule has 5 heteroatoms. The van der Waals surface area contributed by atoms with E-state index < -0.39 is 6.10 Å². The average Bonchev–Trinajstić information content (AvgIpc) is 2.58. The number of fused-ring (bicyclic) bond motifs is 3. The van der Waals surface area contributed by atoms with Crippen LogP contribution in [0, 0.1) is 13.8 Å². The number of aliphatic hydroxyl groups is 1. The number of benzene rings is 2. The molecule has 0 bridgehead atoms. The zero-order valence-corrected chi connectivity index (χ0v) is 16.3. The first-order chi connectivity index (χ1) is 12.4. The molecule has 0 radical (unpaired) electrons. The first kappa shape index (κ1) is 17.3. The van der Waals surface area contributed by atoms with Gasteiger partial charge in [0.05, 0.1) is 12.1 Å². The smallest absolute Gasteiger partial charge is 0.336 e. The molecule has 0 amide bonds. The van der Waals surface area contributed by atoms with Gasteiger partial charge in [0.15, 0.2) is 0 Å². The molecule has 1 heterocycles. The maximum atomic E-state index is 11.8. The number of nitrogens with one attached hydrogen (secondary N) is 1. The van der Waals surface area contributed by atoms with Gasteiger partial charge in [-0.1, -0.05) is 18.2 Å². The Bertz CT molecular complexity index is 1060. The van der Waals surface area contributed by atoms with Crippen molar-refractivity contribution in [3.8, 4) is 0 Å². The summed E-state index contributed by atoms with van der Waals surface area (Å²) in [5.74, 6) is 0. The largest absolute Gasteiger partial charge is 0.422 e. The zero-order chi connectivity index (χ0) is 18.4. The molecule has 1 aliphatic rings. The molecule has 134 valence electrons. The van der Waals surface area contributed by atoms with E-state index in [0.29, 0.717) is 18.4 Å². The van der Waals surface area contributed by atoms with Crippen LogP contribution in [0.1, 0.15) is 22.3 Å². The van der Waals surface area contributed by atoms with Crippen molar-refractivity contribution in [3.05, 3.63) is 73.5 Å². The monoisotopic (exact) mass is 413 g/mol. The van der Waals surface area contributed by atoms with Crippen molar-refractivity contribution in [2.24, 2.45) is 0 Å². The second-order valence-electron chi connectivity index (χ2n) is 7.04. The van der Waals surface area contributed by atoms with Gasteiger partial charge in [0.1, 0.15) is 5.58 Å². The Hall–Kier alpha value is -2.11. The van der Waals surface area contributed by atoms with Crippen molar-refractivity contribution in [1.82, 2.24) is 0 Å². The number of hydrogen-bond donors (Lipinski definition) is 2. The van der Waals surface area contributed by atoms with E-state index in [9.17, 15) is 9.90 Å². The molecule has 0 spiro atoms. The summed E-state index contributed by atoms with van der Waals surface area (Å²) in [6.45, 7) is 3.95. The van der Waals surface area contributed by atoms with E-state index in [4.69, 9.17) is 4.42 Å². The van der Waals surface area contributed by atoms with Crippen LogP contribution in [-0.4, -0.2) is 17.3 Å². The molecule has 3 aromatic rings. The summed E-state index contributed by atoms with van der Waals surface area (Å²) in [5.41, 5.74) is 5.36. The molecule has 2 atom stereocenters. The number of anilines is 1. The van der Waals surface area contributed by atoms with Crippen molar-refractivity contribution in [1.29, 1.82) is 0 Å². The lowest BCUT2D eigenvalue weighted by Gasteiger charge is -2.31. The third kappa shape index (κ3) is 3.06. The van der Waals surface area contributed by atoms with Crippen LogP contribution in [-0.2, 0) is 12.8 Å². The Labute approximate surface area is 160 Å². The van der Waals surface area contributed by atoms with Gasteiger partial charge in [-0.3, -0.25) is 0 Å². The number of aryl methyl sites for hydroxylation is 2. The molecule has 0 aliphatic heterocycles. The predicted octanol–water partition coefficient (Wildman–Crippen LogP) is 4.11. The highest BCUT2D eigenvalue weighted by Gasteiger charge is 2.29. The normalized spacial score (nSPS) is 19.4. The van der Waals surface area contributed by atoms with Crippen molar-refractivity contribution >= 4 is 32.6 Å². The highest BCUT2D eigenvalue weighted by atomic mass is 79.9. The van der Waals surface area contributed by atoms with Crippen LogP contribution in [0.3, 0.4) is 0 Å². The maximum Gasteiger partial charge on any atom is 0.336 e. The van der Waals surface area contributed by atoms with E-state index in [1.54, 1.807) is 0 Å². The second-order valence-corrected chi connectivity index (χ2v) is 7.89. The van der Waals surface area contributed by atoms with Crippen LogP contribution in [0.25, 0.3) is 11.0 Å². The van der Waals surface area contributed by atoms with Crippen LogP contribution in [0.2, 0.25) is 0 Å². The van der Waals surface area contributed by atoms with Gasteiger partial charge in [0.2, 0.25) is 0 Å².